The Morgan fingerprint density at radius 2 is 1.86 bits per heavy atom. The summed E-state index contributed by atoms with van der Waals surface area (Å²) in [5.41, 5.74) is 3.18. The number of piperazine rings is 1. The Kier molecular flexibility index (Phi) is 4.97. The molecule has 146 valence electrons. The third-order valence-electron chi connectivity index (χ3n) is 5.01. The Hall–Kier alpha value is -2.61. The lowest BCUT2D eigenvalue weighted by molar-refractivity contribution is 0.0514. The standard InChI is InChI=1S/C20H21BrN4O3/c1-3-15-17(25-12-13(2)11-14(21)18(25)22-15)20(27)24-8-6-23(7-9-24)19(26)16-5-4-10-28-16/h4-5,10-12H,3,6-9H2,1-2H3. The predicted octanol–water partition coefficient (Wildman–Crippen LogP) is 3.16. The summed E-state index contributed by atoms with van der Waals surface area (Å²) in [6, 6.07) is 5.35. The highest BCUT2D eigenvalue weighted by atomic mass is 79.9. The minimum Gasteiger partial charge on any atom is -0.459 e. The van der Waals surface area contributed by atoms with Gasteiger partial charge in [0.2, 0.25) is 0 Å². The molecule has 0 unspecified atom stereocenters. The van der Waals surface area contributed by atoms with Crippen LogP contribution in [0.5, 0.6) is 0 Å². The van der Waals surface area contributed by atoms with Crippen LogP contribution < -0.4 is 0 Å². The van der Waals surface area contributed by atoms with Crippen LogP contribution >= 0.6 is 15.9 Å². The number of fused-ring (bicyclic) bond motifs is 1. The summed E-state index contributed by atoms with van der Waals surface area (Å²) >= 11 is 3.55. The average molecular weight is 445 g/mol. The van der Waals surface area contributed by atoms with Gasteiger partial charge in [-0.1, -0.05) is 6.92 Å². The van der Waals surface area contributed by atoms with Gasteiger partial charge in [-0.05, 0) is 53.0 Å². The summed E-state index contributed by atoms with van der Waals surface area (Å²) in [4.78, 5) is 33.9. The van der Waals surface area contributed by atoms with E-state index in [9.17, 15) is 9.59 Å². The van der Waals surface area contributed by atoms with Gasteiger partial charge in [0.25, 0.3) is 11.8 Å². The first-order valence-corrected chi connectivity index (χ1v) is 10.1. The molecule has 3 aromatic rings. The fourth-order valence-electron chi connectivity index (χ4n) is 3.57. The summed E-state index contributed by atoms with van der Waals surface area (Å²) in [7, 11) is 0. The molecule has 0 aliphatic carbocycles. The minimum atomic E-state index is -0.138. The number of pyridine rings is 1. The molecular weight excluding hydrogens is 424 g/mol. The molecule has 1 aliphatic rings. The van der Waals surface area contributed by atoms with Crippen LogP contribution in [0.2, 0.25) is 0 Å². The van der Waals surface area contributed by atoms with Crippen LogP contribution in [0.3, 0.4) is 0 Å². The van der Waals surface area contributed by atoms with Crippen molar-refractivity contribution in [2.24, 2.45) is 0 Å². The third-order valence-corrected chi connectivity index (χ3v) is 5.59. The maximum atomic E-state index is 13.3. The molecule has 3 aromatic heterocycles. The third kappa shape index (κ3) is 3.22. The summed E-state index contributed by atoms with van der Waals surface area (Å²) in [6.45, 7) is 5.91. The van der Waals surface area contributed by atoms with Crippen molar-refractivity contribution in [3.63, 3.8) is 0 Å². The highest BCUT2D eigenvalue weighted by Crippen LogP contribution is 2.24. The highest BCUT2D eigenvalue weighted by molar-refractivity contribution is 9.10. The summed E-state index contributed by atoms with van der Waals surface area (Å²) in [6.07, 6.45) is 4.10. The number of carbonyl (C=O) groups is 2. The maximum absolute atomic E-state index is 13.3. The lowest BCUT2D eigenvalue weighted by Gasteiger charge is -2.34. The number of imidazole rings is 1. The molecule has 28 heavy (non-hydrogen) atoms. The lowest BCUT2D eigenvalue weighted by atomic mass is 10.2. The minimum absolute atomic E-state index is 0.0491. The molecule has 0 saturated carbocycles. The molecule has 0 radical (unpaired) electrons. The van der Waals surface area contributed by atoms with Crippen LogP contribution in [0.25, 0.3) is 5.65 Å². The number of nitrogens with zero attached hydrogens (tertiary/aromatic N) is 4. The van der Waals surface area contributed by atoms with E-state index >= 15 is 0 Å². The molecular formula is C20H21BrN4O3. The van der Waals surface area contributed by atoms with E-state index in [4.69, 9.17) is 4.42 Å². The monoisotopic (exact) mass is 444 g/mol. The zero-order chi connectivity index (χ0) is 19.8. The van der Waals surface area contributed by atoms with Crippen molar-refractivity contribution < 1.29 is 14.0 Å². The Morgan fingerprint density at radius 1 is 1.18 bits per heavy atom. The van der Waals surface area contributed by atoms with Gasteiger partial charge in [0.1, 0.15) is 5.69 Å². The van der Waals surface area contributed by atoms with Crippen molar-refractivity contribution in [1.82, 2.24) is 19.2 Å². The van der Waals surface area contributed by atoms with E-state index in [1.165, 1.54) is 6.26 Å². The van der Waals surface area contributed by atoms with Gasteiger partial charge in [-0.2, -0.15) is 0 Å². The van der Waals surface area contributed by atoms with Crippen LogP contribution in [-0.4, -0.2) is 57.2 Å². The summed E-state index contributed by atoms with van der Waals surface area (Å²) < 4.78 is 7.94. The number of rotatable bonds is 3. The molecule has 8 heteroatoms. The van der Waals surface area contributed by atoms with E-state index in [2.05, 4.69) is 20.9 Å². The molecule has 7 nitrogen and oxygen atoms in total. The van der Waals surface area contributed by atoms with Crippen LogP contribution in [-0.2, 0) is 6.42 Å². The second kappa shape index (κ2) is 7.43. The number of hydrogen-bond donors (Lipinski definition) is 0. The number of hydrogen-bond acceptors (Lipinski definition) is 4. The van der Waals surface area contributed by atoms with E-state index in [1.807, 2.05) is 30.5 Å². The normalized spacial score (nSPS) is 14.7. The second-order valence-electron chi connectivity index (χ2n) is 6.88. The molecule has 4 heterocycles. The molecule has 0 spiro atoms. The summed E-state index contributed by atoms with van der Waals surface area (Å²) in [5.74, 6) is 0.141. The number of aryl methyl sites for hydroxylation is 2. The second-order valence-corrected chi connectivity index (χ2v) is 7.74. The van der Waals surface area contributed by atoms with Gasteiger partial charge in [-0.25, -0.2) is 4.98 Å². The molecule has 1 fully saturated rings. The molecule has 4 rings (SSSR count). The first kappa shape index (κ1) is 18.7. The van der Waals surface area contributed by atoms with Crippen molar-refractivity contribution in [2.45, 2.75) is 20.3 Å². The van der Waals surface area contributed by atoms with Crippen LogP contribution in [0.15, 0.2) is 39.5 Å². The Morgan fingerprint density at radius 3 is 2.46 bits per heavy atom. The smallest absolute Gasteiger partial charge is 0.289 e. The van der Waals surface area contributed by atoms with Crippen molar-refractivity contribution in [3.05, 3.63) is 57.8 Å². The van der Waals surface area contributed by atoms with Gasteiger partial charge in [-0.15, -0.1) is 0 Å². The summed E-state index contributed by atoms with van der Waals surface area (Å²) in [5, 5.41) is 0. The van der Waals surface area contributed by atoms with E-state index in [1.54, 1.807) is 21.9 Å². The first-order valence-electron chi connectivity index (χ1n) is 9.28. The number of carbonyl (C=O) groups excluding carboxylic acids is 2. The van der Waals surface area contributed by atoms with Crippen molar-refractivity contribution >= 4 is 33.4 Å². The molecule has 0 aromatic carbocycles. The van der Waals surface area contributed by atoms with Crippen LogP contribution in [0, 0.1) is 6.92 Å². The molecule has 1 saturated heterocycles. The number of aromatic nitrogens is 2. The van der Waals surface area contributed by atoms with Gasteiger partial charge >= 0.3 is 0 Å². The largest absolute Gasteiger partial charge is 0.459 e. The van der Waals surface area contributed by atoms with E-state index in [0.29, 0.717) is 44.1 Å². The first-order chi connectivity index (χ1) is 13.5. The van der Waals surface area contributed by atoms with Gasteiger partial charge in [0.15, 0.2) is 11.4 Å². The van der Waals surface area contributed by atoms with Gasteiger partial charge < -0.3 is 14.2 Å². The van der Waals surface area contributed by atoms with Gasteiger partial charge in [-0.3, -0.25) is 14.0 Å². The Balaban J connectivity index is 1.57. The lowest BCUT2D eigenvalue weighted by Crippen LogP contribution is -2.50. The van der Waals surface area contributed by atoms with Gasteiger partial charge in [0, 0.05) is 32.4 Å². The van der Waals surface area contributed by atoms with Crippen LogP contribution in [0.1, 0.15) is 39.2 Å². The van der Waals surface area contributed by atoms with Gasteiger partial charge in [0.05, 0.1) is 16.4 Å². The Labute approximate surface area is 171 Å². The zero-order valence-electron chi connectivity index (χ0n) is 15.8. The highest BCUT2D eigenvalue weighted by Gasteiger charge is 2.29. The van der Waals surface area contributed by atoms with E-state index in [0.717, 1.165) is 21.4 Å². The fraction of sp³-hybridized carbons (Fsp3) is 0.350. The fourth-order valence-corrected chi connectivity index (χ4v) is 4.21. The van der Waals surface area contributed by atoms with Crippen LogP contribution in [0.4, 0.5) is 0 Å². The van der Waals surface area contributed by atoms with Crippen molar-refractivity contribution in [3.8, 4) is 0 Å². The molecule has 0 N–H and O–H groups in total. The molecule has 0 bridgehead atoms. The number of amides is 2. The van der Waals surface area contributed by atoms with Crippen molar-refractivity contribution in [1.29, 1.82) is 0 Å². The van der Waals surface area contributed by atoms with E-state index in [-0.39, 0.29) is 11.8 Å². The Bertz CT molecular complexity index is 1030. The SMILES string of the molecule is CCc1nc2c(Br)cc(C)cn2c1C(=O)N1CCN(C(=O)c2ccco2)CC1. The predicted molar refractivity (Wildman–Crippen MR) is 108 cm³/mol. The number of furan rings is 1. The van der Waals surface area contributed by atoms with Crippen molar-refractivity contribution in [2.75, 3.05) is 26.2 Å². The molecule has 0 atom stereocenters. The molecule has 1 aliphatic heterocycles. The quantitative estimate of drug-likeness (QED) is 0.621. The van der Waals surface area contributed by atoms with E-state index < -0.39 is 0 Å². The number of halogens is 1. The average Bonchev–Trinajstić information content (AvgIpc) is 3.35. The topological polar surface area (TPSA) is 71.1 Å². The molecule has 2 amide bonds. The maximum Gasteiger partial charge on any atom is 0.289 e. The zero-order valence-corrected chi connectivity index (χ0v) is 17.4.